The maximum Gasteiger partial charge on any atom is 0.329 e. The standard InChI is InChI=1S/C13H24N2O3S/c1-4-13(5-2,10(16)17)15-11(18)14-9-12(3)7-6-8-19-12/h4-9H2,1-3H3,(H,16,17)(H2,14,15,18). The minimum Gasteiger partial charge on any atom is -0.480 e. The maximum absolute atomic E-state index is 11.9. The first-order valence-corrected chi connectivity index (χ1v) is 7.79. The van der Waals surface area contributed by atoms with Crippen molar-refractivity contribution in [2.24, 2.45) is 0 Å². The number of urea groups is 1. The molecule has 0 aromatic rings. The zero-order valence-electron chi connectivity index (χ0n) is 11.9. The molecule has 0 aromatic heterocycles. The Bertz CT molecular complexity index is 337. The molecule has 5 nitrogen and oxygen atoms in total. The van der Waals surface area contributed by atoms with Crippen LogP contribution in [0.4, 0.5) is 4.79 Å². The van der Waals surface area contributed by atoms with Crippen molar-refractivity contribution >= 4 is 23.8 Å². The van der Waals surface area contributed by atoms with Gasteiger partial charge in [0, 0.05) is 11.3 Å². The lowest BCUT2D eigenvalue weighted by Crippen LogP contribution is -2.57. The first-order chi connectivity index (χ1) is 8.87. The molecule has 1 aliphatic rings. The molecule has 19 heavy (non-hydrogen) atoms. The molecule has 1 rings (SSSR count). The highest BCUT2D eigenvalue weighted by molar-refractivity contribution is 8.00. The van der Waals surface area contributed by atoms with Gasteiger partial charge in [-0.1, -0.05) is 13.8 Å². The minimum atomic E-state index is -1.16. The van der Waals surface area contributed by atoms with Gasteiger partial charge in [0.2, 0.25) is 0 Å². The Labute approximate surface area is 118 Å². The lowest BCUT2D eigenvalue weighted by Gasteiger charge is -2.29. The van der Waals surface area contributed by atoms with Crippen LogP contribution in [0.5, 0.6) is 0 Å². The number of hydrogen-bond donors (Lipinski definition) is 3. The SMILES string of the molecule is CCC(CC)(NC(=O)NCC1(C)CCCS1)C(=O)O. The van der Waals surface area contributed by atoms with Crippen LogP contribution in [0.25, 0.3) is 0 Å². The number of hydrogen-bond acceptors (Lipinski definition) is 3. The third kappa shape index (κ3) is 4.03. The quantitative estimate of drug-likeness (QED) is 0.700. The molecular formula is C13H24N2O3S. The van der Waals surface area contributed by atoms with Crippen molar-refractivity contribution in [2.45, 2.75) is 56.7 Å². The van der Waals surface area contributed by atoms with Crippen LogP contribution in [0.2, 0.25) is 0 Å². The number of carbonyl (C=O) groups is 2. The van der Waals surface area contributed by atoms with E-state index in [-0.39, 0.29) is 10.8 Å². The highest BCUT2D eigenvalue weighted by Gasteiger charge is 2.37. The van der Waals surface area contributed by atoms with Crippen LogP contribution in [-0.4, -0.2) is 39.7 Å². The number of carbonyl (C=O) groups excluding carboxylic acids is 1. The van der Waals surface area contributed by atoms with Gasteiger partial charge in [-0.2, -0.15) is 11.8 Å². The van der Waals surface area contributed by atoms with E-state index < -0.39 is 11.5 Å². The molecule has 0 aromatic carbocycles. The van der Waals surface area contributed by atoms with Crippen molar-refractivity contribution in [3.8, 4) is 0 Å². The van der Waals surface area contributed by atoms with Gasteiger partial charge in [-0.15, -0.1) is 0 Å². The van der Waals surface area contributed by atoms with E-state index in [0.717, 1.165) is 12.2 Å². The molecule has 0 radical (unpaired) electrons. The van der Waals surface area contributed by atoms with E-state index in [2.05, 4.69) is 17.6 Å². The average Bonchev–Trinajstić information content (AvgIpc) is 2.81. The smallest absolute Gasteiger partial charge is 0.329 e. The minimum absolute atomic E-state index is 0.0850. The van der Waals surface area contributed by atoms with Gasteiger partial charge in [-0.3, -0.25) is 0 Å². The monoisotopic (exact) mass is 288 g/mol. The van der Waals surface area contributed by atoms with Crippen LogP contribution in [0.3, 0.4) is 0 Å². The summed E-state index contributed by atoms with van der Waals surface area (Å²) >= 11 is 1.86. The summed E-state index contributed by atoms with van der Waals surface area (Å²) in [7, 11) is 0. The van der Waals surface area contributed by atoms with Crippen molar-refractivity contribution in [1.29, 1.82) is 0 Å². The third-order valence-electron chi connectivity index (χ3n) is 3.89. The molecule has 0 bridgehead atoms. The third-order valence-corrected chi connectivity index (χ3v) is 5.43. The second-order valence-corrected chi connectivity index (χ2v) is 6.99. The summed E-state index contributed by atoms with van der Waals surface area (Å²) in [5, 5.41) is 14.7. The summed E-state index contributed by atoms with van der Waals surface area (Å²) in [4.78, 5) is 23.2. The molecule has 1 unspecified atom stereocenters. The van der Waals surface area contributed by atoms with Crippen molar-refractivity contribution in [1.82, 2.24) is 10.6 Å². The molecule has 0 aliphatic carbocycles. The second-order valence-electron chi connectivity index (χ2n) is 5.30. The summed E-state index contributed by atoms with van der Waals surface area (Å²) < 4.78 is 0.0850. The largest absolute Gasteiger partial charge is 0.480 e. The average molecular weight is 288 g/mol. The Morgan fingerprint density at radius 1 is 1.37 bits per heavy atom. The van der Waals surface area contributed by atoms with Crippen LogP contribution in [-0.2, 0) is 4.79 Å². The van der Waals surface area contributed by atoms with Gasteiger partial charge in [0.1, 0.15) is 5.54 Å². The highest BCUT2D eigenvalue weighted by Crippen LogP contribution is 2.36. The summed E-state index contributed by atoms with van der Waals surface area (Å²) in [6, 6.07) is -0.389. The van der Waals surface area contributed by atoms with Crippen molar-refractivity contribution in [3.05, 3.63) is 0 Å². The summed E-state index contributed by atoms with van der Waals surface area (Å²) in [6.45, 7) is 6.25. The number of carboxylic acids is 1. The van der Waals surface area contributed by atoms with Gasteiger partial charge < -0.3 is 15.7 Å². The van der Waals surface area contributed by atoms with E-state index in [9.17, 15) is 14.7 Å². The van der Waals surface area contributed by atoms with Gasteiger partial charge >= 0.3 is 12.0 Å². The fourth-order valence-electron chi connectivity index (χ4n) is 2.29. The number of carboxylic acid groups (broad SMARTS) is 1. The van der Waals surface area contributed by atoms with Crippen LogP contribution in [0.1, 0.15) is 46.5 Å². The van der Waals surface area contributed by atoms with Crippen molar-refractivity contribution < 1.29 is 14.7 Å². The Morgan fingerprint density at radius 2 is 2.00 bits per heavy atom. The molecule has 2 amide bonds. The van der Waals surface area contributed by atoms with Crippen LogP contribution in [0.15, 0.2) is 0 Å². The number of rotatable bonds is 6. The zero-order chi connectivity index (χ0) is 14.5. The Hall–Kier alpha value is -0.910. The summed E-state index contributed by atoms with van der Waals surface area (Å²) in [6.07, 6.45) is 3.01. The number of nitrogens with one attached hydrogen (secondary N) is 2. The second kappa shape index (κ2) is 6.50. The van der Waals surface area contributed by atoms with Gasteiger partial charge in [-0.25, -0.2) is 9.59 Å². The van der Waals surface area contributed by atoms with E-state index >= 15 is 0 Å². The Kier molecular flexibility index (Phi) is 5.52. The number of thioether (sulfide) groups is 1. The van der Waals surface area contributed by atoms with E-state index in [1.807, 2.05) is 11.8 Å². The fourth-order valence-corrected chi connectivity index (χ4v) is 3.53. The van der Waals surface area contributed by atoms with Crippen LogP contribution >= 0.6 is 11.8 Å². The first kappa shape index (κ1) is 16.1. The molecule has 1 aliphatic heterocycles. The molecule has 1 atom stereocenters. The van der Waals surface area contributed by atoms with E-state index in [4.69, 9.17) is 0 Å². The molecule has 1 fully saturated rings. The van der Waals surface area contributed by atoms with Crippen molar-refractivity contribution in [2.75, 3.05) is 12.3 Å². The number of aliphatic carboxylic acids is 1. The molecule has 3 N–H and O–H groups in total. The zero-order valence-corrected chi connectivity index (χ0v) is 12.7. The lowest BCUT2D eigenvalue weighted by atomic mass is 9.93. The molecule has 0 saturated carbocycles. The fraction of sp³-hybridized carbons (Fsp3) is 0.846. The molecular weight excluding hydrogens is 264 g/mol. The van der Waals surface area contributed by atoms with Crippen LogP contribution < -0.4 is 10.6 Å². The Morgan fingerprint density at radius 3 is 2.42 bits per heavy atom. The first-order valence-electron chi connectivity index (χ1n) is 6.81. The summed E-state index contributed by atoms with van der Waals surface area (Å²) in [5.41, 5.74) is -1.16. The van der Waals surface area contributed by atoms with Crippen molar-refractivity contribution in [3.63, 3.8) is 0 Å². The molecule has 1 saturated heterocycles. The normalized spacial score (nSPS) is 23.1. The molecule has 6 heteroatoms. The van der Waals surface area contributed by atoms with E-state index in [1.54, 1.807) is 13.8 Å². The molecule has 110 valence electrons. The molecule has 1 heterocycles. The highest BCUT2D eigenvalue weighted by atomic mass is 32.2. The van der Waals surface area contributed by atoms with Gasteiger partial charge in [0.05, 0.1) is 0 Å². The van der Waals surface area contributed by atoms with Gasteiger partial charge in [-0.05, 0) is 38.4 Å². The Balaban J connectivity index is 2.51. The predicted molar refractivity (Wildman–Crippen MR) is 77.6 cm³/mol. The topological polar surface area (TPSA) is 78.4 Å². The lowest BCUT2D eigenvalue weighted by molar-refractivity contribution is -0.144. The van der Waals surface area contributed by atoms with E-state index in [1.165, 1.54) is 6.42 Å². The summed E-state index contributed by atoms with van der Waals surface area (Å²) in [5.74, 6) is 0.150. The maximum atomic E-state index is 11.9. The predicted octanol–water partition coefficient (Wildman–Crippen LogP) is 2.21. The van der Waals surface area contributed by atoms with Gasteiger partial charge in [0.15, 0.2) is 0 Å². The number of amides is 2. The van der Waals surface area contributed by atoms with E-state index in [0.29, 0.717) is 19.4 Å². The van der Waals surface area contributed by atoms with Crippen LogP contribution in [0, 0.1) is 0 Å². The van der Waals surface area contributed by atoms with Gasteiger partial charge in [0.25, 0.3) is 0 Å². The molecule has 0 spiro atoms.